The Morgan fingerprint density at radius 1 is 1.39 bits per heavy atom. The number of nitro groups is 1. The van der Waals surface area contributed by atoms with Crippen LogP contribution in [0.4, 0.5) is 5.69 Å². The Balaban J connectivity index is 2.82. The van der Waals surface area contributed by atoms with Gasteiger partial charge in [0, 0.05) is 24.7 Å². The molecule has 18 heavy (non-hydrogen) atoms. The second-order valence-electron chi connectivity index (χ2n) is 4.38. The third kappa shape index (κ3) is 4.09. The molecule has 1 aromatic carbocycles. The third-order valence-electron chi connectivity index (χ3n) is 2.83. The lowest BCUT2D eigenvalue weighted by atomic mass is 10.1. The van der Waals surface area contributed by atoms with Gasteiger partial charge in [-0.1, -0.05) is 19.1 Å². The van der Waals surface area contributed by atoms with E-state index in [1.165, 1.54) is 0 Å². The van der Waals surface area contributed by atoms with Crippen molar-refractivity contribution in [3.63, 3.8) is 0 Å². The van der Waals surface area contributed by atoms with E-state index in [1.54, 1.807) is 19.1 Å². The number of aryl methyl sites for hydroxylation is 1. The van der Waals surface area contributed by atoms with Crippen LogP contribution in [0.3, 0.4) is 0 Å². The topological polar surface area (TPSA) is 66.6 Å². The molecule has 0 aliphatic carbocycles. The van der Waals surface area contributed by atoms with Crippen LogP contribution in [0.1, 0.15) is 24.5 Å². The molecule has 0 aromatic heterocycles. The molecular formula is C13H20N2O3. The molecule has 1 aromatic rings. The van der Waals surface area contributed by atoms with Gasteiger partial charge in [0.1, 0.15) is 0 Å². The van der Waals surface area contributed by atoms with Crippen LogP contribution in [-0.2, 0) is 6.54 Å². The summed E-state index contributed by atoms with van der Waals surface area (Å²) in [5, 5.41) is 19.8. The van der Waals surface area contributed by atoms with E-state index in [1.807, 2.05) is 6.07 Å². The Morgan fingerprint density at radius 3 is 2.67 bits per heavy atom. The van der Waals surface area contributed by atoms with Gasteiger partial charge in [0.2, 0.25) is 0 Å². The molecule has 0 radical (unpaired) electrons. The lowest BCUT2D eigenvalue weighted by Crippen LogP contribution is -2.27. The summed E-state index contributed by atoms with van der Waals surface area (Å²) in [5.41, 5.74) is 1.75. The minimum Gasteiger partial charge on any atom is -0.395 e. The van der Waals surface area contributed by atoms with Crippen molar-refractivity contribution in [3.8, 4) is 0 Å². The van der Waals surface area contributed by atoms with Gasteiger partial charge in [-0.05, 0) is 25.5 Å². The maximum Gasteiger partial charge on any atom is 0.272 e. The highest BCUT2D eigenvalue weighted by molar-refractivity contribution is 5.42. The first-order valence-electron chi connectivity index (χ1n) is 6.15. The normalized spacial score (nSPS) is 10.9. The summed E-state index contributed by atoms with van der Waals surface area (Å²) in [6, 6.07) is 5.30. The van der Waals surface area contributed by atoms with Crippen molar-refractivity contribution in [2.75, 3.05) is 19.7 Å². The first-order valence-corrected chi connectivity index (χ1v) is 6.15. The molecule has 0 saturated heterocycles. The summed E-state index contributed by atoms with van der Waals surface area (Å²) in [4.78, 5) is 12.6. The Morgan fingerprint density at radius 2 is 2.11 bits per heavy atom. The van der Waals surface area contributed by atoms with E-state index in [0.717, 1.165) is 18.5 Å². The molecule has 5 heteroatoms. The van der Waals surface area contributed by atoms with Gasteiger partial charge in [-0.25, -0.2) is 0 Å². The third-order valence-corrected chi connectivity index (χ3v) is 2.83. The molecular weight excluding hydrogens is 232 g/mol. The van der Waals surface area contributed by atoms with E-state index < -0.39 is 0 Å². The molecule has 0 amide bonds. The maximum atomic E-state index is 10.9. The molecule has 1 rings (SSSR count). The van der Waals surface area contributed by atoms with Crippen molar-refractivity contribution < 1.29 is 10.0 Å². The number of rotatable bonds is 7. The lowest BCUT2D eigenvalue weighted by molar-refractivity contribution is -0.385. The monoisotopic (exact) mass is 252 g/mol. The molecule has 0 spiro atoms. The van der Waals surface area contributed by atoms with Gasteiger partial charge < -0.3 is 5.11 Å². The molecule has 0 atom stereocenters. The molecule has 0 saturated carbocycles. The summed E-state index contributed by atoms with van der Waals surface area (Å²) in [6.45, 7) is 6.02. The number of hydrogen-bond donors (Lipinski definition) is 1. The molecule has 0 heterocycles. The summed E-state index contributed by atoms with van der Waals surface area (Å²) in [5.74, 6) is 0. The van der Waals surface area contributed by atoms with E-state index >= 15 is 0 Å². The highest BCUT2D eigenvalue weighted by Gasteiger charge is 2.12. The van der Waals surface area contributed by atoms with Crippen molar-refractivity contribution in [3.05, 3.63) is 39.4 Å². The smallest absolute Gasteiger partial charge is 0.272 e. The van der Waals surface area contributed by atoms with Crippen LogP contribution in [-0.4, -0.2) is 34.6 Å². The number of nitro benzene ring substituents is 1. The first kappa shape index (κ1) is 14.6. The number of benzene rings is 1. The second kappa shape index (κ2) is 7.08. The minimum atomic E-state index is -0.352. The number of nitrogens with zero attached hydrogens (tertiary/aromatic N) is 2. The van der Waals surface area contributed by atoms with Crippen molar-refractivity contribution in [1.82, 2.24) is 4.90 Å². The predicted molar refractivity (Wildman–Crippen MR) is 70.5 cm³/mol. The van der Waals surface area contributed by atoms with Crippen LogP contribution in [0.15, 0.2) is 18.2 Å². The quantitative estimate of drug-likeness (QED) is 0.596. The van der Waals surface area contributed by atoms with E-state index in [-0.39, 0.29) is 17.2 Å². The molecule has 0 bridgehead atoms. The molecule has 5 nitrogen and oxygen atoms in total. The van der Waals surface area contributed by atoms with Crippen LogP contribution < -0.4 is 0 Å². The fourth-order valence-electron chi connectivity index (χ4n) is 1.94. The average Bonchev–Trinajstić information content (AvgIpc) is 2.32. The van der Waals surface area contributed by atoms with Crippen molar-refractivity contribution in [1.29, 1.82) is 0 Å². The van der Waals surface area contributed by atoms with Gasteiger partial charge in [0.05, 0.1) is 11.5 Å². The highest BCUT2D eigenvalue weighted by atomic mass is 16.6. The molecule has 1 N–H and O–H groups in total. The molecule has 0 aliphatic rings. The molecule has 100 valence electrons. The van der Waals surface area contributed by atoms with E-state index in [2.05, 4.69) is 11.8 Å². The van der Waals surface area contributed by atoms with Crippen molar-refractivity contribution >= 4 is 5.69 Å². The summed E-state index contributed by atoms with van der Waals surface area (Å²) >= 11 is 0. The average molecular weight is 252 g/mol. The molecule has 0 fully saturated rings. The predicted octanol–water partition coefficient (Wildman–Crippen LogP) is 2.11. The lowest BCUT2D eigenvalue weighted by Gasteiger charge is -2.20. The number of aliphatic hydroxyl groups excluding tert-OH is 1. The highest BCUT2D eigenvalue weighted by Crippen LogP contribution is 2.20. The molecule has 0 aliphatic heterocycles. The number of aliphatic hydroxyl groups is 1. The fourth-order valence-corrected chi connectivity index (χ4v) is 1.94. The zero-order valence-electron chi connectivity index (χ0n) is 10.9. The van der Waals surface area contributed by atoms with Gasteiger partial charge in [-0.2, -0.15) is 0 Å². The van der Waals surface area contributed by atoms with E-state index in [0.29, 0.717) is 18.7 Å². The zero-order valence-corrected chi connectivity index (χ0v) is 10.9. The fraction of sp³-hybridized carbons (Fsp3) is 0.538. The van der Waals surface area contributed by atoms with Crippen molar-refractivity contribution in [2.24, 2.45) is 0 Å². The van der Waals surface area contributed by atoms with Gasteiger partial charge in [-0.3, -0.25) is 15.0 Å². The Hall–Kier alpha value is -1.46. The molecule has 0 unspecified atom stereocenters. The Bertz CT molecular complexity index is 401. The standard InChI is InChI=1S/C13H20N2O3/c1-3-6-14(7-8-16)10-12-5-4-11(2)13(9-12)15(17)18/h4-5,9,16H,3,6-8,10H2,1-2H3. The van der Waals surface area contributed by atoms with Crippen LogP contribution in [0.2, 0.25) is 0 Å². The van der Waals surface area contributed by atoms with Crippen LogP contribution in [0.5, 0.6) is 0 Å². The van der Waals surface area contributed by atoms with Gasteiger partial charge in [0.15, 0.2) is 0 Å². The van der Waals surface area contributed by atoms with E-state index in [9.17, 15) is 10.1 Å². The summed E-state index contributed by atoms with van der Waals surface area (Å²) in [6.07, 6.45) is 0.994. The van der Waals surface area contributed by atoms with Crippen molar-refractivity contribution in [2.45, 2.75) is 26.8 Å². The zero-order chi connectivity index (χ0) is 13.5. The summed E-state index contributed by atoms with van der Waals surface area (Å²) in [7, 11) is 0. The first-order chi connectivity index (χ1) is 8.58. The minimum absolute atomic E-state index is 0.105. The van der Waals surface area contributed by atoms with Crippen LogP contribution in [0, 0.1) is 17.0 Å². The van der Waals surface area contributed by atoms with Gasteiger partial charge in [-0.15, -0.1) is 0 Å². The van der Waals surface area contributed by atoms with Crippen LogP contribution >= 0.6 is 0 Å². The maximum absolute atomic E-state index is 10.9. The van der Waals surface area contributed by atoms with Crippen LogP contribution in [0.25, 0.3) is 0 Å². The van der Waals surface area contributed by atoms with Gasteiger partial charge in [0.25, 0.3) is 5.69 Å². The Kier molecular flexibility index (Phi) is 5.74. The SMILES string of the molecule is CCCN(CCO)Cc1ccc(C)c([N+](=O)[O-])c1. The number of hydrogen-bond acceptors (Lipinski definition) is 4. The second-order valence-corrected chi connectivity index (χ2v) is 4.38. The van der Waals surface area contributed by atoms with E-state index in [4.69, 9.17) is 5.11 Å². The summed E-state index contributed by atoms with van der Waals surface area (Å²) < 4.78 is 0. The van der Waals surface area contributed by atoms with Gasteiger partial charge >= 0.3 is 0 Å². The largest absolute Gasteiger partial charge is 0.395 e. The Labute approximate surface area is 107 Å².